The predicted octanol–water partition coefficient (Wildman–Crippen LogP) is 0.335. The fraction of sp³-hybridized carbons (Fsp3) is 0.800. The molecule has 0 aromatic heterocycles. The number of urea groups is 1. The van der Waals surface area contributed by atoms with Gasteiger partial charge in [0.25, 0.3) is 0 Å². The molecule has 0 saturated carbocycles. The second kappa shape index (κ2) is 4.18. The van der Waals surface area contributed by atoms with E-state index in [2.05, 4.69) is 5.32 Å². The van der Waals surface area contributed by atoms with Gasteiger partial charge in [-0.1, -0.05) is 20.8 Å². The van der Waals surface area contributed by atoms with Gasteiger partial charge in [0.2, 0.25) is 5.91 Å². The minimum atomic E-state index is -0.353. The number of hydrogen-bond acceptors (Lipinski definition) is 3. The van der Waals surface area contributed by atoms with Gasteiger partial charge in [0.05, 0.1) is 6.54 Å². The zero-order valence-electron chi connectivity index (χ0n) is 9.41. The molecule has 0 bridgehead atoms. The summed E-state index contributed by atoms with van der Waals surface area (Å²) in [5, 5.41) is 11.4. The largest absolute Gasteiger partial charge is 0.396 e. The van der Waals surface area contributed by atoms with Crippen LogP contribution < -0.4 is 5.32 Å². The molecule has 0 radical (unpaired) electrons. The highest BCUT2D eigenvalue weighted by atomic mass is 16.3. The average Bonchev–Trinajstić information content (AvgIpc) is 2.41. The minimum Gasteiger partial charge on any atom is -0.396 e. The van der Waals surface area contributed by atoms with Gasteiger partial charge in [-0.05, 0) is 11.8 Å². The van der Waals surface area contributed by atoms with Crippen LogP contribution in [-0.2, 0) is 4.79 Å². The Labute approximate surface area is 89.4 Å². The third kappa shape index (κ3) is 2.47. The molecule has 1 aliphatic rings. The standard InChI is InChI=1S/C10H18N2O3/c1-10(2,3)7(4-5-13)12-8(14)6-11-9(12)15/h7,13H,4-6H2,1-3H3,(H,11,15). The topological polar surface area (TPSA) is 69.6 Å². The van der Waals surface area contributed by atoms with E-state index >= 15 is 0 Å². The number of rotatable bonds is 3. The van der Waals surface area contributed by atoms with E-state index in [0.717, 1.165) is 0 Å². The molecule has 3 amide bonds. The maximum Gasteiger partial charge on any atom is 0.324 e. The molecular weight excluding hydrogens is 196 g/mol. The summed E-state index contributed by atoms with van der Waals surface area (Å²) in [5.74, 6) is -0.214. The van der Waals surface area contributed by atoms with E-state index in [0.29, 0.717) is 6.42 Å². The molecule has 86 valence electrons. The molecule has 1 saturated heterocycles. The second-order valence-corrected chi connectivity index (χ2v) is 4.82. The lowest BCUT2D eigenvalue weighted by Crippen LogP contribution is -2.48. The van der Waals surface area contributed by atoms with E-state index in [1.165, 1.54) is 4.90 Å². The fourth-order valence-corrected chi connectivity index (χ4v) is 1.82. The van der Waals surface area contributed by atoms with Crippen LogP contribution in [0.1, 0.15) is 27.2 Å². The molecule has 15 heavy (non-hydrogen) atoms. The third-order valence-electron chi connectivity index (χ3n) is 2.59. The van der Waals surface area contributed by atoms with Crippen LogP contribution in [0.2, 0.25) is 0 Å². The van der Waals surface area contributed by atoms with Gasteiger partial charge >= 0.3 is 6.03 Å². The van der Waals surface area contributed by atoms with Gasteiger partial charge in [-0.15, -0.1) is 0 Å². The lowest BCUT2D eigenvalue weighted by molar-refractivity contribution is -0.128. The Morgan fingerprint density at radius 1 is 1.47 bits per heavy atom. The van der Waals surface area contributed by atoms with Crippen molar-refractivity contribution in [3.05, 3.63) is 0 Å². The summed E-state index contributed by atoms with van der Waals surface area (Å²) < 4.78 is 0. The van der Waals surface area contributed by atoms with Crippen molar-refractivity contribution in [2.75, 3.05) is 13.2 Å². The third-order valence-corrected chi connectivity index (χ3v) is 2.59. The average molecular weight is 214 g/mol. The summed E-state index contributed by atoms with van der Waals surface area (Å²) >= 11 is 0. The van der Waals surface area contributed by atoms with Crippen molar-refractivity contribution in [1.29, 1.82) is 0 Å². The Morgan fingerprint density at radius 2 is 2.07 bits per heavy atom. The summed E-state index contributed by atoms with van der Waals surface area (Å²) in [6.45, 7) is 5.89. The Hall–Kier alpha value is -1.10. The minimum absolute atomic E-state index is 0.0288. The molecule has 0 aliphatic carbocycles. The van der Waals surface area contributed by atoms with E-state index in [-0.39, 0.29) is 36.5 Å². The first-order chi connectivity index (χ1) is 6.88. The van der Waals surface area contributed by atoms with Crippen LogP contribution in [0, 0.1) is 5.41 Å². The first-order valence-corrected chi connectivity index (χ1v) is 5.08. The van der Waals surface area contributed by atoms with E-state index < -0.39 is 0 Å². The smallest absolute Gasteiger partial charge is 0.324 e. The molecule has 1 atom stereocenters. The highest BCUT2D eigenvalue weighted by molar-refractivity contribution is 6.02. The molecule has 1 heterocycles. The van der Waals surface area contributed by atoms with Crippen molar-refractivity contribution in [1.82, 2.24) is 10.2 Å². The first kappa shape index (κ1) is 12.0. The number of carbonyl (C=O) groups is 2. The zero-order chi connectivity index (χ0) is 11.6. The van der Waals surface area contributed by atoms with Crippen LogP contribution >= 0.6 is 0 Å². The number of nitrogens with zero attached hydrogens (tertiary/aromatic N) is 1. The summed E-state index contributed by atoms with van der Waals surface area (Å²) in [4.78, 5) is 24.2. The normalized spacial score (nSPS) is 19.3. The predicted molar refractivity (Wildman–Crippen MR) is 55.2 cm³/mol. The van der Waals surface area contributed by atoms with E-state index in [4.69, 9.17) is 5.11 Å². The number of imide groups is 1. The maximum atomic E-state index is 11.5. The fourth-order valence-electron chi connectivity index (χ4n) is 1.82. The summed E-state index contributed by atoms with van der Waals surface area (Å²) in [6.07, 6.45) is 0.419. The molecule has 1 fully saturated rings. The molecule has 2 N–H and O–H groups in total. The van der Waals surface area contributed by atoms with Gasteiger partial charge in [0.15, 0.2) is 0 Å². The molecule has 0 aromatic rings. The van der Waals surface area contributed by atoms with Gasteiger partial charge in [-0.2, -0.15) is 0 Å². The van der Waals surface area contributed by atoms with Crippen LogP contribution in [0.25, 0.3) is 0 Å². The Kier molecular flexibility index (Phi) is 3.34. The molecule has 5 heteroatoms. The number of carbonyl (C=O) groups excluding carboxylic acids is 2. The molecule has 5 nitrogen and oxygen atoms in total. The van der Waals surface area contributed by atoms with Gasteiger partial charge < -0.3 is 10.4 Å². The van der Waals surface area contributed by atoms with Gasteiger partial charge in [0, 0.05) is 12.6 Å². The Bertz CT molecular complexity index is 254. The maximum absolute atomic E-state index is 11.5. The molecule has 1 aliphatic heterocycles. The lowest BCUT2D eigenvalue weighted by Gasteiger charge is -2.35. The number of hydrogen-bond donors (Lipinski definition) is 2. The summed E-state index contributed by atoms with van der Waals surface area (Å²) in [7, 11) is 0. The Morgan fingerprint density at radius 3 is 2.40 bits per heavy atom. The molecule has 0 aromatic carbocycles. The molecule has 0 spiro atoms. The van der Waals surface area contributed by atoms with E-state index in [9.17, 15) is 9.59 Å². The van der Waals surface area contributed by atoms with Gasteiger partial charge in [0.1, 0.15) is 0 Å². The quantitative estimate of drug-likeness (QED) is 0.665. The van der Waals surface area contributed by atoms with Crippen LogP contribution in [0.4, 0.5) is 4.79 Å². The lowest BCUT2D eigenvalue weighted by atomic mass is 9.84. The Balaban J connectivity index is 2.88. The SMILES string of the molecule is CC(C)(C)C(CCO)N1C(=O)CNC1=O. The summed E-state index contributed by atoms with van der Waals surface area (Å²) in [5.41, 5.74) is -0.222. The van der Waals surface area contributed by atoms with Gasteiger partial charge in [-0.3, -0.25) is 9.69 Å². The van der Waals surface area contributed by atoms with Crippen LogP contribution in [0.3, 0.4) is 0 Å². The molecule has 1 unspecified atom stereocenters. The van der Waals surface area contributed by atoms with Gasteiger partial charge in [-0.25, -0.2) is 4.79 Å². The molecule has 1 rings (SSSR count). The van der Waals surface area contributed by atoms with Crippen molar-refractivity contribution in [2.24, 2.45) is 5.41 Å². The monoisotopic (exact) mass is 214 g/mol. The second-order valence-electron chi connectivity index (χ2n) is 4.82. The van der Waals surface area contributed by atoms with Crippen LogP contribution in [-0.4, -0.2) is 41.1 Å². The number of aliphatic hydroxyl groups is 1. The first-order valence-electron chi connectivity index (χ1n) is 5.08. The van der Waals surface area contributed by atoms with Crippen LogP contribution in [0.5, 0.6) is 0 Å². The van der Waals surface area contributed by atoms with Crippen molar-refractivity contribution in [3.8, 4) is 0 Å². The molecular formula is C10H18N2O3. The number of amides is 3. The van der Waals surface area contributed by atoms with Crippen molar-refractivity contribution in [2.45, 2.75) is 33.2 Å². The van der Waals surface area contributed by atoms with Crippen molar-refractivity contribution >= 4 is 11.9 Å². The highest BCUT2D eigenvalue weighted by Crippen LogP contribution is 2.28. The van der Waals surface area contributed by atoms with E-state index in [1.54, 1.807) is 0 Å². The van der Waals surface area contributed by atoms with E-state index in [1.807, 2.05) is 20.8 Å². The zero-order valence-corrected chi connectivity index (χ0v) is 9.41. The highest BCUT2D eigenvalue weighted by Gasteiger charge is 2.40. The number of aliphatic hydroxyl groups excluding tert-OH is 1. The van der Waals surface area contributed by atoms with Crippen molar-refractivity contribution < 1.29 is 14.7 Å². The van der Waals surface area contributed by atoms with Crippen LogP contribution in [0.15, 0.2) is 0 Å². The number of nitrogens with one attached hydrogen (secondary N) is 1. The summed E-state index contributed by atoms with van der Waals surface area (Å²) in [6, 6.07) is -0.606. The van der Waals surface area contributed by atoms with Crippen molar-refractivity contribution in [3.63, 3.8) is 0 Å².